The van der Waals surface area contributed by atoms with Gasteiger partial charge in [0.25, 0.3) is 0 Å². The van der Waals surface area contributed by atoms with E-state index in [9.17, 15) is 8.42 Å². The summed E-state index contributed by atoms with van der Waals surface area (Å²) in [5.41, 5.74) is -0.148. The Hall–Kier alpha value is -0.130. The van der Waals surface area contributed by atoms with Crippen LogP contribution in [0, 0.1) is 0 Å². The Morgan fingerprint density at radius 3 is 2.29 bits per heavy atom. The Bertz CT molecular complexity index is 293. The van der Waals surface area contributed by atoms with Crippen molar-refractivity contribution in [2.24, 2.45) is 0 Å². The van der Waals surface area contributed by atoms with Gasteiger partial charge >= 0.3 is 0 Å². The summed E-state index contributed by atoms with van der Waals surface area (Å²) < 4.78 is 28.3. The van der Waals surface area contributed by atoms with Crippen molar-refractivity contribution in [3.8, 4) is 0 Å². The summed E-state index contributed by atoms with van der Waals surface area (Å²) in [7, 11) is -0.955. The number of hydrogen-bond donors (Lipinski definition) is 1. The van der Waals surface area contributed by atoms with Crippen LogP contribution < -0.4 is 5.32 Å². The van der Waals surface area contributed by atoms with Gasteiger partial charge in [0.15, 0.2) is 0 Å². The second kappa shape index (κ2) is 7.34. The van der Waals surface area contributed by atoms with E-state index in [1.54, 1.807) is 6.92 Å². The molecule has 0 saturated heterocycles. The number of likely N-dealkylation sites (N-methyl/N-ethyl adjacent to an activating group) is 1. The minimum absolute atomic E-state index is 0.148. The Kier molecular flexibility index (Phi) is 7.28. The predicted octanol–water partition coefficient (Wildman–Crippen LogP) is 1.60. The molecule has 1 atom stereocenters. The van der Waals surface area contributed by atoms with Crippen molar-refractivity contribution in [3.63, 3.8) is 0 Å². The summed E-state index contributed by atoms with van der Waals surface area (Å²) in [6, 6.07) is 0.223. The minimum Gasteiger partial charge on any atom is -0.374 e. The molecule has 0 aliphatic carbocycles. The molecular weight excluding hydrogens is 238 g/mol. The molecule has 0 aromatic heterocycles. The molecule has 0 rings (SSSR count). The van der Waals surface area contributed by atoms with Gasteiger partial charge in [0.05, 0.1) is 18.0 Å². The second-order valence-corrected chi connectivity index (χ2v) is 7.76. The maximum absolute atomic E-state index is 11.3. The smallest absolute Gasteiger partial charge is 0.150 e. The van der Waals surface area contributed by atoms with Gasteiger partial charge in [-0.3, -0.25) is 0 Å². The molecule has 4 nitrogen and oxygen atoms in total. The topological polar surface area (TPSA) is 55.4 Å². The molecule has 0 aliphatic rings. The third-order valence-electron chi connectivity index (χ3n) is 2.57. The molecule has 0 aromatic rings. The number of hydrogen-bond acceptors (Lipinski definition) is 4. The average molecular weight is 265 g/mol. The first-order valence-electron chi connectivity index (χ1n) is 6.22. The Morgan fingerprint density at radius 1 is 1.29 bits per heavy atom. The van der Waals surface area contributed by atoms with Gasteiger partial charge in [0.2, 0.25) is 0 Å². The van der Waals surface area contributed by atoms with Crippen LogP contribution in [-0.4, -0.2) is 45.2 Å². The van der Waals surface area contributed by atoms with Crippen molar-refractivity contribution >= 4 is 9.84 Å². The Balaban J connectivity index is 3.91. The maximum atomic E-state index is 11.3. The van der Waals surface area contributed by atoms with E-state index in [0.29, 0.717) is 13.0 Å². The van der Waals surface area contributed by atoms with Crippen LogP contribution in [0.1, 0.15) is 40.5 Å². The van der Waals surface area contributed by atoms with Crippen LogP contribution >= 0.6 is 0 Å². The molecule has 0 aromatic carbocycles. The molecule has 0 spiro atoms. The van der Waals surface area contributed by atoms with E-state index in [1.807, 2.05) is 27.8 Å². The fourth-order valence-electron chi connectivity index (χ4n) is 1.36. The molecule has 0 amide bonds. The van der Waals surface area contributed by atoms with Gasteiger partial charge < -0.3 is 10.1 Å². The summed E-state index contributed by atoms with van der Waals surface area (Å²) in [6.07, 6.45) is 1.51. The zero-order valence-electron chi connectivity index (χ0n) is 11.7. The fourth-order valence-corrected chi connectivity index (χ4v) is 2.25. The Morgan fingerprint density at radius 2 is 1.88 bits per heavy atom. The zero-order chi connectivity index (χ0) is 13.5. The Labute approximate surface area is 106 Å². The van der Waals surface area contributed by atoms with Crippen molar-refractivity contribution in [3.05, 3.63) is 0 Å². The highest BCUT2D eigenvalue weighted by Crippen LogP contribution is 2.09. The second-order valence-electron chi connectivity index (χ2n) is 5.29. The lowest BCUT2D eigenvalue weighted by molar-refractivity contribution is -0.0145. The van der Waals surface area contributed by atoms with E-state index in [0.717, 1.165) is 6.42 Å². The lowest BCUT2D eigenvalue weighted by Gasteiger charge is -2.24. The zero-order valence-corrected chi connectivity index (χ0v) is 12.6. The van der Waals surface area contributed by atoms with E-state index in [1.165, 1.54) is 0 Å². The molecule has 1 unspecified atom stereocenters. The standard InChI is InChI=1S/C12H27NO3S/c1-6-17(14,15)9-7-8-11(13-5)10-16-12(2,3)4/h11,13H,6-10H2,1-5H3. The number of nitrogens with one attached hydrogen (secondary N) is 1. The summed E-state index contributed by atoms with van der Waals surface area (Å²) in [4.78, 5) is 0. The molecule has 0 fully saturated rings. The van der Waals surface area contributed by atoms with Gasteiger partial charge in [-0.2, -0.15) is 0 Å². The maximum Gasteiger partial charge on any atom is 0.150 e. The highest BCUT2D eigenvalue weighted by atomic mass is 32.2. The first-order chi connectivity index (χ1) is 7.70. The highest BCUT2D eigenvalue weighted by molar-refractivity contribution is 7.91. The number of sulfone groups is 1. The van der Waals surface area contributed by atoms with Gasteiger partial charge in [-0.1, -0.05) is 6.92 Å². The first-order valence-corrected chi connectivity index (χ1v) is 8.04. The molecule has 5 heteroatoms. The molecule has 0 saturated carbocycles. The van der Waals surface area contributed by atoms with Crippen molar-refractivity contribution < 1.29 is 13.2 Å². The summed E-state index contributed by atoms with van der Waals surface area (Å²) in [5.74, 6) is 0.507. The number of ether oxygens (including phenoxy) is 1. The van der Waals surface area contributed by atoms with Crippen molar-refractivity contribution in [2.75, 3.05) is 25.2 Å². The van der Waals surface area contributed by atoms with Crippen molar-refractivity contribution in [1.29, 1.82) is 0 Å². The van der Waals surface area contributed by atoms with Crippen LogP contribution in [0.2, 0.25) is 0 Å². The van der Waals surface area contributed by atoms with Gasteiger partial charge in [-0.05, 0) is 40.7 Å². The quantitative estimate of drug-likeness (QED) is 0.724. The van der Waals surface area contributed by atoms with E-state index in [2.05, 4.69) is 5.32 Å². The van der Waals surface area contributed by atoms with Crippen molar-refractivity contribution in [1.82, 2.24) is 5.32 Å². The van der Waals surface area contributed by atoms with Crippen LogP contribution in [-0.2, 0) is 14.6 Å². The van der Waals surface area contributed by atoms with Crippen molar-refractivity contribution in [2.45, 2.75) is 52.2 Å². The van der Waals surface area contributed by atoms with E-state index in [-0.39, 0.29) is 23.1 Å². The van der Waals surface area contributed by atoms with Crippen LogP contribution in [0.4, 0.5) is 0 Å². The molecule has 0 bridgehead atoms. The fraction of sp³-hybridized carbons (Fsp3) is 1.00. The predicted molar refractivity (Wildman–Crippen MR) is 72.1 cm³/mol. The first kappa shape index (κ1) is 16.9. The lowest BCUT2D eigenvalue weighted by Crippen LogP contribution is -2.34. The average Bonchev–Trinajstić information content (AvgIpc) is 2.21. The van der Waals surface area contributed by atoms with Gasteiger partial charge in [-0.15, -0.1) is 0 Å². The van der Waals surface area contributed by atoms with Gasteiger partial charge in [0, 0.05) is 11.8 Å². The van der Waals surface area contributed by atoms with E-state index >= 15 is 0 Å². The van der Waals surface area contributed by atoms with Crippen LogP contribution in [0.3, 0.4) is 0 Å². The highest BCUT2D eigenvalue weighted by Gasteiger charge is 2.15. The molecular formula is C12H27NO3S. The van der Waals surface area contributed by atoms with Gasteiger partial charge in [0.1, 0.15) is 9.84 Å². The summed E-state index contributed by atoms with van der Waals surface area (Å²) in [6.45, 7) is 8.35. The van der Waals surface area contributed by atoms with Gasteiger partial charge in [-0.25, -0.2) is 8.42 Å². The largest absolute Gasteiger partial charge is 0.374 e. The summed E-state index contributed by atoms with van der Waals surface area (Å²) >= 11 is 0. The third-order valence-corrected chi connectivity index (χ3v) is 4.36. The molecule has 17 heavy (non-hydrogen) atoms. The van der Waals surface area contributed by atoms with E-state index in [4.69, 9.17) is 4.74 Å². The van der Waals surface area contributed by atoms with E-state index < -0.39 is 9.84 Å². The monoisotopic (exact) mass is 265 g/mol. The van der Waals surface area contributed by atoms with Crippen LogP contribution in [0.15, 0.2) is 0 Å². The molecule has 104 valence electrons. The minimum atomic E-state index is -2.84. The molecule has 0 radical (unpaired) electrons. The molecule has 1 N–H and O–H groups in total. The SMILES string of the molecule is CCS(=O)(=O)CCCC(COC(C)(C)C)NC. The van der Waals surface area contributed by atoms with Crippen LogP contribution in [0.25, 0.3) is 0 Å². The normalized spacial score (nSPS) is 14.9. The molecule has 0 heterocycles. The number of rotatable bonds is 8. The lowest BCUT2D eigenvalue weighted by atomic mass is 10.1. The summed E-state index contributed by atoms with van der Waals surface area (Å²) in [5, 5.41) is 3.16. The van der Waals surface area contributed by atoms with Crippen LogP contribution in [0.5, 0.6) is 0 Å². The molecule has 0 aliphatic heterocycles. The third kappa shape index (κ3) is 9.56.